The molecule has 1 aromatic carbocycles. The van der Waals surface area contributed by atoms with Crippen molar-refractivity contribution in [3.05, 3.63) is 29.3 Å². The van der Waals surface area contributed by atoms with E-state index in [-0.39, 0.29) is 23.3 Å². The number of carboxylic acids is 1. The van der Waals surface area contributed by atoms with Crippen LogP contribution in [0.4, 0.5) is 5.69 Å². The van der Waals surface area contributed by atoms with Crippen molar-refractivity contribution in [1.29, 1.82) is 0 Å². The van der Waals surface area contributed by atoms with Crippen LogP contribution < -0.4 is 11.1 Å². The lowest BCUT2D eigenvalue weighted by atomic mass is 9.92. The van der Waals surface area contributed by atoms with E-state index in [4.69, 9.17) is 10.8 Å². The monoisotopic (exact) mass is 278 g/mol. The van der Waals surface area contributed by atoms with Crippen molar-refractivity contribution >= 4 is 17.6 Å². The molecule has 1 aliphatic carbocycles. The maximum atomic E-state index is 11.4. The summed E-state index contributed by atoms with van der Waals surface area (Å²) in [6.07, 6.45) is 2.67. The van der Waals surface area contributed by atoms with Crippen LogP contribution in [0.5, 0.6) is 0 Å². The first-order chi connectivity index (χ1) is 9.47. The second-order valence-electron chi connectivity index (χ2n) is 5.08. The van der Waals surface area contributed by atoms with Crippen molar-refractivity contribution in [3.8, 4) is 0 Å². The molecule has 1 saturated carbocycles. The average Bonchev–Trinajstić information content (AvgIpc) is 2.41. The van der Waals surface area contributed by atoms with Gasteiger partial charge in [0.05, 0.1) is 17.2 Å². The minimum absolute atomic E-state index is 0.105. The van der Waals surface area contributed by atoms with E-state index in [1.807, 2.05) is 0 Å². The van der Waals surface area contributed by atoms with Crippen LogP contribution in [0.15, 0.2) is 18.2 Å². The van der Waals surface area contributed by atoms with Gasteiger partial charge in [-0.2, -0.15) is 0 Å². The lowest BCUT2D eigenvalue weighted by Crippen LogP contribution is -2.29. The predicted octanol–water partition coefficient (Wildman–Crippen LogP) is 1.20. The number of anilines is 1. The minimum Gasteiger partial charge on any atom is -0.478 e. The van der Waals surface area contributed by atoms with E-state index in [1.54, 1.807) is 0 Å². The number of hydrogen-bond donors (Lipinski definition) is 4. The molecular formula is C14H18N2O4. The fraction of sp³-hybridized carbons (Fsp3) is 0.429. The molecule has 0 saturated heterocycles. The number of amides is 1. The molecule has 0 bridgehead atoms. The number of aromatic carboxylic acids is 1. The Morgan fingerprint density at radius 1 is 1.20 bits per heavy atom. The first kappa shape index (κ1) is 14.3. The van der Waals surface area contributed by atoms with Crippen molar-refractivity contribution in [1.82, 2.24) is 0 Å². The fourth-order valence-corrected chi connectivity index (χ4v) is 2.45. The summed E-state index contributed by atoms with van der Waals surface area (Å²) in [5, 5.41) is 21.6. The van der Waals surface area contributed by atoms with E-state index in [0.29, 0.717) is 18.5 Å². The number of nitrogens with two attached hydrogens (primary N) is 1. The van der Waals surface area contributed by atoms with Gasteiger partial charge >= 0.3 is 5.97 Å². The van der Waals surface area contributed by atoms with Gasteiger partial charge in [-0.1, -0.05) is 0 Å². The highest BCUT2D eigenvalue weighted by Gasteiger charge is 2.21. The number of aliphatic hydroxyl groups is 1. The standard InChI is InChI=1S/C14H18N2O4/c15-13(18)11-6-1-8(14(19)20)7-12(11)16-9-2-4-10(17)5-3-9/h1,6-7,9-10,16-17H,2-5H2,(H2,15,18)(H,19,20)/t9-,10-. The Balaban J connectivity index is 2.21. The number of rotatable bonds is 4. The van der Waals surface area contributed by atoms with Crippen LogP contribution in [0.1, 0.15) is 46.4 Å². The summed E-state index contributed by atoms with van der Waals surface area (Å²) in [6, 6.07) is 4.32. The number of carbonyl (C=O) groups is 2. The summed E-state index contributed by atoms with van der Waals surface area (Å²) >= 11 is 0. The molecule has 0 atom stereocenters. The quantitative estimate of drug-likeness (QED) is 0.661. The maximum Gasteiger partial charge on any atom is 0.335 e. The van der Waals surface area contributed by atoms with Gasteiger partial charge in [0, 0.05) is 11.7 Å². The second-order valence-corrected chi connectivity index (χ2v) is 5.08. The molecule has 0 aliphatic heterocycles. The molecule has 0 aromatic heterocycles. The van der Waals surface area contributed by atoms with Gasteiger partial charge in [0.2, 0.25) is 0 Å². The van der Waals surface area contributed by atoms with Gasteiger partial charge in [-0.3, -0.25) is 4.79 Å². The molecule has 6 nitrogen and oxygen atoms in total. The number of nitrogens with one attached hydrogen (secondary N) is 1. The summed E-state index contributed by atoms with van der Waals surface area (Å²) in [5.74, 6) is -1.65. The summed E-state index contributed by atoms with van der Waals surface area (Å²) < 4.78 is 0. The Bertz CT molecular complexity index is 522. The van der Waals surface area contributed by atoms with E-state index in [1.165, 1.54) is 18.2 Å². The van der Waals surface area contributed by atoms with Gasteiger partial charge in [0.15, 0.2) is 0 Å². The fourth-order valence-electron chi connectivity index (χ4n) is 2.45. The van der Waals surface area contributed by atoms with Crippen LogP contribution in [0.3, 0.4) is 0 Å². The largest absolute Gasteiger partial charge is 0.478 e. The van der Waals surface area contributed by atoms with Gasteiger partial charge in [-0.15, -0.1) is 0 Å². The molecule has 1 aliphatic rings. The Kier molecular flexibility index (Phi) is 4.24. The molecular weight excluding hydrogens is 260 g/mol. The molecule has 1 aromatic rings. The smallest absolute Gasteiger partial charge is 0.335 e. The first-order valence-corrected chi connectivity index (χ1v) is 6.59. The normalized spacial score (nSPS) is 22.2. The molecule has 20 heavy (non-hydrogen) atoms. The van der Waals surface area contributed by atoms with Crippen molar-refractivity contribution in [2.45, 2.75) is 37.8 Å². The Hall–Kier alpha value is -2.08. The van der Waals surface area contributed by atoms with Crippen molar-refractivity contribution in [2.75, 3.05) is 5.32 Å². The van der Waals surface area contributed by atoms with Crippen LogP contribution in [-0.2, 0) is 0 Å². The average molecular weight is 278 g/mol. The molecule has 0 unspecified atom stereocenters. The van der Waals surface area contributed by atoms with E-state index >= 15 is 0 Å². The molecule has 108 valence electrons. The molecule has 0 spiro atoms. The minimum atomic E-state index is -1.05. The highest BCUT2D eigenvalue weighted by molar-refractivity contribution is 6.00. The zero-order valence-corrected chi connectivity index (χ0v) is 11.0. The van der Waals surface area contributed by atoms with Crippen LogP contribution >= 0.6 is 0 Å². The summed E-state index contributed by atoms with van der Waals surface area (Å²) in [4.78, 5) is 22.4. The highest BCUT2D eigenvalue weighted by atomic mass is 16.4. The third-order valence-corrected chi connectivity index (χ3v) is 3.59. The van der Waals surface area contributed by atoms with E-state index in [0.717, 1.165) is 12.8 Å². The molecule has 5 N–H and O–H groups in total. The van der Waals surface area contributed by atoms with Gasteiger partial charge in [-0.25, -0.2) is 4.79 Å². The number of primary amides is 1. The van der Waals surface area contributed by atoms with Gasteiger partial charge in [0.25, 0.3) is 5.91 Å². The summed E-state index contributed by atoms with van der Waals surface area (Å²) in [6.45, 7) is 0. The first-order valence-electron chi connectivity index (χ1n) is 6.59. The lowest BCUT2D eigenvalue weighted by molar-refractivity contribution is 0.0696. The second kappa shape index (κ2) is 5.92. The Morgan fingerprint density at radius 2 is 1.85 bits per heavy atom. The van der Waals surface area contributed by atoms with Crippen molar-refractivity contribution in [2.24, 2.45) is 5.73 Å². The molecule has 0 heterocycles. The highest BCUT2D eigenvalue weighted by Crippen LogP contribution is 2.25. The van der Waals surface area contributed by atoms with E-state index in [9.17, 15) is 14.7 Å². The predicted molar refractivity (Wildman–Crippen MR) is 73.8 cm³/mol. The molecule has 6 heteroatoms. The number of carboxylic acid groups (broad SMARTS) is 1. The van der Waals surface area contributed by atoms with Gasteiger partial charge in [0.1, 0.15) is 0 Å². The topological polar surface area (TPSA) is 113 Å². The third kappa shape index (κ3) is 3.27. The number of benzene rings is 1. The van der Waals surface area contributed by atoms with Crippen molar-refractivity contribution < 1.29 is 19.8 Å². The Morgan fingerprint density at radius 3 is 2.40 bits per heavy atom. The molecule has 2 rings (SSSR count). The molecule has 1 amide bonds. The van der Waals surface area contributed by atoms with E-state index < -0.39 is 11.9 Å². The number of aliphatic hydroxyl groups excluding tert-OH is 1. The SMILES string of the molecule is NC(=O)c1ccc(C(=O)O)cc1N[C@H]1CC[C@H](O)CC1. The Labute approximate surface area is 116 Å². The zero-order valence-electron chi connectivity index (χ0n) is 11.0. The zero-order chi connectivity index (χ0) is 14.7. The van der Waals surface area contributed by atoms with E-state index in [2.05, 4.69) is 5.32 Å². The lowest BCUT2D eigenvalue weighted by Gasteiger charge is -2.27. The summed E-state index contributed by atoms with van der Waals surface area (Å²) in [7, 11) is 0. The van der Waals surface area contributed by atoms with Crippen molar-refractivity contribution in [3.63, 3.8) is 0 Å². The molecule has 1 fully saturated rings. The van der Waals surface area contributed by atoms with Crippen LogP contribution in [0, 0.1) is 0 Å². The van der Waals surface area contributed by atoms with Gasteiger partial charge < -0.3 is 21.3 Å². The number of hydrogen-bond acceptors (Lipinski definition) is 4. The summed E-state index contributed by atoms with van der Waals surface area (Å²) in [5.41, 5.74) is 6.13. The number of carbonyl (C=O) groups excluding carboxylic acids is 1. The van der Waals surface area contributed by atoms with Gasteiger partial charge in [-0.05, 0) is 43.9 Å². The van der Waals surface area contributed by atoms with Crippen LogP contribution in [-0.4, -0.2) is 34.2 Å². The van der Waals surface area contributed by atoms with Crippen LogP contribution in [0.25, 0.3) is 0 Å². The molecule has 0 radical (unpaired) electrons. The third-order valence-electron chi connectivity index (χ3n) is 3.59. The van der Waals surface area contributed by atoms with Crippen LogP contribution in [0.2, 0.25) is 0 Å². The maximum absolute atomic E-state index is 11.4.